The van der Waals surface area contributed by atoms with Gasteiger partial charge in [-0.15, -0.1) is 12.3 Å². The van der Waals surface area contributed by atoms with Crippen LogP contribution >= 0.6 is 0 Å². The molecular formula is C13H22N2O. The van der Waals surface area contributed by atoms with Gasteiger partial charge in [-0.2, -0.15) is 0 Å². The van der Waals surface area contributed by atoms with Crippen LogP contribution in [0.25, 0.3) is 0 Å². The molecule has 1 rings (SSSR count). The topological polar surface area (TPSA) is 23.6 Å². The lowest BCUT2D eigenvalue weighted by Crippen LogP contribution is -2.36. The first-order chi connectivity index (χ1) is 7.45. The highest BCUT2D eigenvalue weighted by Crippen LogP contribution is 2.22. The van der Waals surface area contributed by atoms with E-state index in [4.69, 9.17) is 6.42 Å². The molecule has 1 fully saturated rings. The summed E-state index contributed by atoms with van der Waals surface area (Å²) in [6, 6.07) is 0. The number of rotatable bonds is 3. The van der Waals surface area contributed by atoms with Crippen LogP contribution in [0, 0.1) is 30.1 Å². The molecule has 0 saturated carbocycles. The fraction of sp³-hybridized carbons (Fsp3) is 0.769. The lowest BCUT2D eigenvalue weighted by Gasteiger charge is -2.24. The molecule has 16 heavy (non-hydrogen) atoms. The van der Waals surface area contributed by atoms with Gasteiger partial charge in [-0.25, -0.2) is 0 Å². The van der Waals surface area contributed by atoms with Gasteiger partial charge < -0.3 is 9.80 Å². The molecular weight excluding hydrogens is 200 g/mol. The van der Waals surface area contributed by atoms with E-state index >= 15 is 0 Å². The summed E-state index contributed by atoms with van der Waals surface area (Å²) in [4.78, 5) is 15.8. The van der Waals surface area contributed by atoms with Crippen molar-refractivity contribution in [1.82, 2.24) is 9.80 Å². The van der Waals surface area contributed by atoms with Gasteiger partial charge in [0.2, 0.25) is 5.91 Å². The van der Waals surface area contributed by atoms with E-state index in [1.807, 2.05) is 25.8 Å². The second-order valence-corrected chi connectivity index (χ2v) is 5.13. The molecule has 1 aliphatic rings. The Balaban J connectivity index is 2.54. The van der Waals surface area contributed by atoms with Crippen molar-refractivity contribution in [2.75, 3.05) is 33.7 Å². The standard InChI is InChI=1S/C13H22N2O/c1-6-11-7-14(4)8-12(11)9-15(5)13(16)10(2)3/h1,10-12H,7-9H2,2-5H3/t11-,12-/m1/s1. The van der Waals surface area contributed by atoms with Gasteiger partial charge in [0.1, 0.15) is 0 Å². The number of terminal acetylenes is 1. The quantitative estimate of drug-likeness (QED) is 0.663. The van der Waals surface area contributed by atoms with Crippen LogP contribution in [-0.4, -0.2) is 49.4 Å². The summed E-state index contributed by atoms with van der Waals surface area (Å²) in [5.74, 6) is 3.80. The number of carbonyl (C=O) groups excluding carboxylic acids is 1. The largest absolute Gasteiger partial charge is 0.345 e. The van der Waals surface area contributed by atoms with Gasteiger partial charge in [-0.1, -0.05) is 13.8 Å². The van der Waals surface area contributed by atoms with Crippen LogP contribution in [0.5, 0.6) is 0 Å². The zero-order chi connectivity index (χ0) is 12.3. The van der Waals surface area contributed by atoms with Crippen LogP contribution in [0.2, 0.25) is 0 Å². The lowest BCUT2D eigenvalue weighted by molar-refractivity contribution is -0.133. The Hall–Kier alpha value is -1.01. The number of carbonyl (C=O) groups is 1. The summed E-state index contributed by atoms with van der Waals surface area (Å²) >= 11 is 0. The Labute approximate surface area is 98.8 Å². The van der Waals surface area contributed by atoms with Gasteiger partial charge in [0.15, 0.2) is 0 Å². The molecule has 0 spiro atoms. The van der Waals surface area contributed by atoms with Gasteiger partial charge in [0, 0.05) is 44.4 Å². The summed E-state index contributed by atoms with van der Waals surface area (Å²) in [6.45, 7) is 6.57. The van der Waals surface area contributed by atoms with Crippen LogP contribution in [-0.2, 0) is 4.79 Å². The van der Waals surface area contributed by atoms with Crippen molar-refractivity contribution in [2.24, 2.45) is 17.8 Å². The number of likely N-dealkylation sites (tertiary alicyclic amines) is 1. The molecule has 3 heteroatoms. The minimum atomic E-state index is 0.0634. The maximum absolute atomic E-state index is 11.8. The molecule has 0 aromatic heterocycles. The number of hydrogen-bond donors (Lipinski definition) is 0. The second kappa shape index (κ2) is 5.36. The fourth-order valence-electron chi connectivity index (χ4n) is 2.34. The maximum atomic E-state index is 11.8. The van der Waals surface area contributed by atoms with Crippen molar-refractivity contribution in [3.63, 3.8) is 0 Å². The predicted molar refractivity (Wildman–Crippen MR) is 65.8 cm³/mol. The number of hydrogen-bond acceptors (Lipinski definition) is 2. The van der Waals surface area contributed by atoms with Crippen LogP contribution in [0.3, 0.4) is 0 Å². The summed E-state index contributed by atoms with van der Waals surface area (Å²) < 4.78 is 0. The number of nitrogens with zero attached hydrogens (tertiary/aromatic N) is 2. The van der Waals surface area contributed by atoms with Gasteiger partial charge in [-0.3, -0.25) is 4.79 Å². The molecule has 2 atom stereocenters. The average molecular weight is 222 g/mol. The van der Waals surface area contributed by atoms with Gasteiger partial charge in [-0.05, 0) is 7.05 Å². The van der Waals surface area contributed by atoms with Crippen molar-refractivity contribution in [1.29, 1.82) is 0 Å². The van der Waals surface area contributed by atoms with E-state index in [-0.39, 0.29) is 17.7 Å². The van der Waals surface area contributed by atoms with Crippen molar-refractivity contribution < 1.29 is 4.79 Å². The Kier molecular flexibility index (Phi) is 4.37. The van der Waals surface area contributed by atoms with E-state index in [0.717, 1.165) is 19.6 Å². The molecule has 0 radical (unpaired) electrons. The summed E-state index contributed by atoms with van der Waals surface area (Å²) in [7, 11) is 3.95. The van der Waals surface area contributed by atoms with Crippen LogP contribution in [0.1, 0.15) is 13.8 Å². The Morgan fingerprint density at radius 1 is 1.56 bits per heavy atom. The van der Waals surface area contributed by atoms with E-state index in [0.29, 0.717) is 5.92 Å². The van der Waals surface area contributed by atoms with Crippen molar-refractivity contribution in [3.8, 4) is 12.3 Å². The molecule has 3 nitrogen and oxygen atoms in total. The molecule has 0 N–H and O–H groups in total. The fourth-order valence-corrected chi connectivity index (χ4v) is 2.34. The zero-order valence-corrected chi connectivity index (χ0v) is 10.7. The Morgan fingerprint density at radius 2 is 2.19 bits per heavy atom. The third-order valence-electron chi connectivity index (χ3n) is 3.22. The highest BCUT2D eigenvalue weighted by Gasteiger charge is 2.31. The third-order valence-corrected chi connectivity index (χ3v) is 3.22. The molecule has 0 aromatic rings. The SMILES string of the molecule is C#C[C@@H]1CN(C)C[C@@H]1CN(C)C(=O)C(C)C. The Morgan fingerprint density at radius 3 is 2.69 bits per heavy atom. The summed E-state index contributed by atoms with van der Waals surface area (Å²) in [5, 5.41) is 0. The highest BCUT2D eigenvalue weighted by atomic mass is 16.2. The summed E-state index contributed by atoms with van der Waals surface area (Å²) in [6.07, 6.45) is 5.52. The van der Waals surface area contributed by atoms with Crippen molar-refractivity contribution in [3.05, 3.63) is 0 Å². The molecule has 1 saturated heterocycles. The first-order valence-electron chi connectivity index (χ1n) is 5.85. The number of amides is 1. The Bertz CT molecular complexity index is 293. The monoisotopic (exact) mass is 222 g/mol. The molecule has 1 heterocycles. The predicted octanol–water partition coefficient (Wildman–Crippen LogP) is 0.912. The van der Waals surface area contributed by atoms with E-state index < -0.39 is 0 Å². The maximum Gasteiger partial charge on any atom is 0.224 e. The molecule has 1 aliphatic heterocycles. The molecule has 90 valence electrons. The average Bonchev–Trinajstić information content (AvgIpc) is 2.57. The zero-order valence-electron chi connectivity index (χ0n) is 10.7. The first-order valence-corrected chi connectivity index (χ1v) is 5.85. The molecule has 0 aliphatic carbocycles. The molecule has 0 aromatic carbocycles. The smallest absolute Gasteiger partial charge is 0.224 e. The van der Waals surface area contributed by atoms with Gasteiger partial charge in [0.25, 0.3) is 0 Å². The molecule has 1 amide bonds. The van der Waals surface area contributed by atoms with Crippen molar-refractivity contribution in [2.45, 2.75) is 13.8 Å². The van der Waals surface area contributed by atoms with Crippen LogP contribution < -0.4 is 0 Å². The first kappa shape index (κ1) is 13.1. The minimum absolute atomic E-state index is 0.0634. The van der Waals surface area contributed by atoms with Crippen molar-refractivity contribution >= 4 is 5.91 Å². The van der Waals surface area contributed by atoms with Crippen LogP contribution in [0.15, 0.2) is 0 Å². The lowest BCUT2D eigenvalue weighted by atomic mass is 9.96. The second-order valence-electron chi connectivity index (χ2n) is 5.13. The van der Waals surface area contributed by atoms with E-state index in [2.05, 4.69) is 17.9 Å². The van der Waals surface area contributed by atoms with E-state index in [1.165, 1.54) is 0 Å². The normalized spacial score (nSPS) is 25.8. The highest BCUT2D eigenvalue weighted by molar-refractivity contribution is 5.77. The third kappa shape index (κ3) is 2.99. The van der Waals surface area contributed by atoms with Gasteiger partial charge >= 0.3 is 0 Å². The van der Waals surface area contributed by atoms with E-state index in [1.54, 1.807) is 0 Å². The minimum Gasteiger partial charge on any atom is -0.345 e. The summed E-state index contributed by atoms with van der Waals surface area (Å²) in [5.41, 5.74) is 0. The van der Waals surface area contributed by atoms with Gasteiger partial charge in [0.05, 0.1) is 0 Å². The molecule has 0 unspecified atom stereocenters. The molecule has 0 bridgehead atoms. The van der Waals surface area contributed by atoms with E-state index in [9.17, 15) is 4.79 Å². The van der Waals surface area contributed by atoms with Crippen LogP contribution in [0.4, 0.5) is 0 Å².